The molecule has 0 aromatic heterocycles. The summed E-state index contributed by atoms with van der Waals surface area (Å²) in [6.07, 6.45) is 3.90. The molecule has 1 aliphatic rings. The van der Waals surface area contributed by atoms with Gasteiger partial charge < -0.3 is 9.84 Å². The number of hydrogen-bond acceptors (Lipinski definition) is 2. The van der Waals surface area contributed by atoms with Gasteiger partial charge in [-0.15, -0.1) is 0 Å². The largest absolute Gasteiger partial charge is 0.496 e. The highest BCUT2D eigenvalue weighted by Crippen LogP contribution is 2.46. The summed E-state index contributed by atoms with van der Waals surface area (Å²) in [5, 5.41) is 9.75. The molecule has 1 N–H and O–H groups in total. The minimum Gasteiger partial charge on any atom is -0.496 e. The molecule has 1 aromatic carbocycles. The average molecular weight is 345 g/mol. The minimum absolute atomic E-state index is 0.289. The van der Waals surface area contributed by atoms with E-state index in [1.165, 1.54) is 7.11 Å². The van der Waals surface area contributed by atoms with Crippen molar-refractivity contribution >= 4 is 21.9 Å². The van der Waals surface area contributed by atoms with Crippen LogP contribution < -0.4 is 4.74 Å². The monoisotopic (exact) mass is 344 g/mol. The molecule has 3 nitrogen and oxygen atoms in total. The molecule has 2 rings (SSSR count). The number of methoxy groups -OCH3 is 1. The SMILES string of the molecule is COc1c(C2(C(=O)O)CCCCC2)cc(Br)c(F)c1C. The molecule has 0 radical (unpaired) electrons. The van der Waals surface area contributed by atoms with Gasteiger partial charge in [0.1, 0.15) is 11.6 Å². The first-order valence-corrected chi connectivity index (χ1v) is 7.50. The van der Waals surface area contributed by atoms with Crippen LogP contribution in [-0.2, 0) is 10.2 Å². The third-order valence-electron chi connectivity index (χ3n) is 4.23. The van der Waals surface area contributed by atoms with Gasteiger partial charge in [0.15, 0.2) is 0 Å². The van der Waals surface area contributed by atoms with Gasteiger partial charge in [0.25, 0.3) is 0 Å². The maximum atomic E-state index is 14.0. The fourth-order valence-corrected chi connectivity index (χ4v) is 3.63. The fraction of sp³-hybridized carbons (Fsp3) is 0.533. The molecule has 5 heteroatoms. The number of ether oxygens (including phenoxy) is 1. The van der Waals surface area contributed by atoms with Gasteiger partial charge in [-0.3, -0.25) is 4.79 Å². The van der Waals surface area contributed by atoms with E-state index in [2.05, 4.69) is 15.9 Å². The number of hydrogen-bond donors (Lipinski definition) is 1. The predicted octanol–water partition coefficient (Wildman–Crippen LogP) is 4.19. The number of benzene rings is 1. The second kappa shape index (κ2) is 5.72. The summed E-state index contributed by atoms with van der Waals surface area (Å²) in [7, 11) is 1.46. The molecule has 1 aliphatic carbocycles. The highest BCUT2D eigenvalue weighted by molar-refractivity contribution is 9.10. The Morgan fingerprint density at radius 3 is 2.50 bits per heavy atom. The first-order chi connectivity index (χ1) is 9.44. The van der Waals surface area contributed by atoms with E-state index >= 15 is 0 Å². The van der Waals surface area contributed by atoms with Crippen molar-refractivity contribution in [1.29, 1.82) is 0 Å². The van der Waals surface area contributed by atoms with Crippen LogP contribution in [0.3, 0.4) is 0 Å². The molecule has 0 bridgehead atoms. The van der Waals surface area contributed by atoms with Crippen LogP contribution in [0.2, 0.25) is 0 Å². The lowest BCUT2D eigenvalue weighted by Gasteiger charge is -2.35. The number of carboxylic acid groups (broad SMARTS) is 1. The Labute approximate surface area is 126 Å². The van der Waals surface area contributed by atoms with Crippen LogP contribution in [0.15, 0.2) is 10.5 Å². The molecule has 0 atom stereocenters. The number of carboxylic acids is 1. The third-order valence-corrected chi connectivity index (χ3v) is 4.81. The van der Waals surface area contributed by atoms with Crippen molar-refractivity contribution in [3.05, 3.63) is 27.5 Å². The average Bonchev–Trinajstić information content (AvgIpc) is 2.45. The van der Waals surface area contributed by atoms with E-state index in [0.717, 1.165) is 19.3 Å². The molecule has 0 unspecified atom stereocenters. The van der Waals surface area contributed by atoms with E-state index in [1.54, 1.807) is 13.0 Å². The van der Waals surface area contributed by atoms with Crippen molar-refractivity contribution in [3.8, 4) is 5.75 Å². The molecule has 0 spiro atoms. The maximum Gasteiger partial charge on any atom is 0.314 e. The van der Waals surface area contributed by atoms with E-state index in [0.29, 0.717) is 29.7 Å². The Balaban J connectivity index is 2.68. The standard InChI is InChI=1S/C15H18BrFO3/c1-9-12(17)11(16)8-10(13(9)20-2)15(14(18)19)6-4-3-5-7-15/h8H,3-7H2,1-2H3,(H,18,19). The molecule has 1 saturated carbocycles. The Hall–Kier alpha value is -1.10. The lowest BCUT2D eigenvalue weighted by Crippen LogP contribution is -2.38. The summed E-state index contributed by atoms with van der Waals surface area (Å²) in [5.74, 6) is -0.898. The second-order valence-corrected chi connectivity index (χ2v) is 6.18. The summed E-state index contributed by atoms with van der Waals surface area (Å²) in [5.41, 5.74) is -0.0362. The van der Waals surface area contributed by atoms with Gasteiger partial charge in [-0.05, 0) is 41.8 Å². The summed E-state index contributed by atoms with van der Waals surface area (Å²) in [6.45, 7) is 1.61. The molecule has 1 aromatic rings. The van der Waals surface area contributed by atoms with Crippen molar-refractivity contribution in [1.82, 2.24) is 0 Å². The molecule has 20 heavy (non-hydrogen) atoms. The summed E-state index contributed by atoms with van der Waals surface area (Å²) in [4.78, 5) is 11.9. The number of halogens is 2. The number of rotatable bonds is 3. The lowest BCUT2D eigenvalue weighted by atomic mass is 9.69. The summed E-state index contributed by atoms with van der Waals surface area (Å²) < 4.78 is 19.6. The molecule has 0 saturated heterocycles. The zero-order valence-corrected chi connectivity index (χ0v) is 13.2. The van der Waals surface area contributed by atoms with Crippen LogP contribution in [0.25, 0.3) is 0 Å². The lowest BCUT2D eigenvalue weighted by molar-refractivity contribution is -0.145. The van der Waals surface area contributed by atoms with Crippen molar-refractivity contribution in [2.45, 2.75) is 44.4 Å². The normalized spacial score (nSPS) is 17.8. The van der Waals surface area contributed by atoms with Crippen molar-refractivity contribution in [2.24, 2.45) is 0 Å². The molecule has 0 heterocycles. The van der Waals surface area contributed by atoms with E-state index < -0.39 is 17.2 Å². The van der Waals surface area contributed by atoms with Gasteiger partial charge in [-0.2, -0.15) is 0 Å². The Morgan fingerprint density at radius 2 is 2.00 bits per heavy atom. The molecule has 0 aliphatic heterocycles. The summed E-state index contributed by atoms with van der Waals surface area (Å²) in [6, 6.07) is 1.57. The van der Waals surface area contributed by atoms with E-state index in [1.807, 2.05) is 0 Å². The highest BCUT2D eigenvalue weighted by atomic mass is 79.9. The molecule has 110 valence electrons. The maximum absolute atomic E-state index is 14.0. The Morgan fingerprint density at radius 1 is 1.40 bits per heavy atom. The topological polar surface area (TPSA) is 46.5 Å². The smallest absolute Gasteiger partial charge is 0.314 e. The van der Waals surface area contributed by atoms with Gasteiger partial charge >= 0.3 is 5.97 Å². The molecule has 0 amide bonds. The van der Waals surface area contributed by atoms with E-state index in [-0.39, 0.29) is 4.47 Å². The molecule has 1 fully saturated rings. The fourth-order valence-electron chi connectivity index (χ4n) is 3.11. The first-order valence-electron chi connectivity index (χ1n) is 6.70. The van der Waals surface area contributed by atoms with Crippen LogP contribution in [0.1, 0.15) is 43.2 Å². The van der Waals surface area contributed by atoms with Crippen molar-refractivity contribution in [3.63, 3.8) is 0 Å². The van der Waals surface area contributed by atoms with Crippen LogP contribution in [-0.4, -0.2) is 18.2 Å². The van der Waals surface area contributed by atoms with Gasteiger partial charge in [-0.25, -0.2) is 4.39 Å². The highest BCUT2D eigenvalue weighted by Gasteiger charge is 2.44. The van der Waals surface area contributed by atoms with Gasteiger partial charge in [-0.1, -0.05) is 19.3 Å². The third kappa shape index (κ3) is 2.32. The van der Waals surface area contributed by atoms with Crippen molar-refractivity contribution in [2.75, 3.05) is 7.11 Å². The molecular weight excluding hydrogens is 327 g/mol. The van der Waals surface area contributed by atoms with Crippen LogP contribution in [0.4, 0.5) is 4.39 Å². The molecular formula is C15H18BrFO3. The Kier molecular flexibility index (Phi) is 4.37. The quantitative estimate of drug-likeness (QED) is 0.894. The van der Waals surface area contributed by atoms with Crippen LogP contribution >= 0.6 is 15.9 Å². The van der Waals surface area contributed by atoms with Crippen LogP contribution in [0, 0.1) is 12.7 Å². The van der Waals surface area contributed by atoms with Crippen molar-refractivity contribution < 1.29 is 19.0 Å². The zero-order chi connectivity index (χ0) is 14.9. The second-order valence-electron chi connectivity index (χ2n) is 5.33. The van der Waals surface area contributed by atoms with E-state index in [9.17, 15) is 14.3 Å². The van der Waals surface area contributed by atoms with Gasteiger partial charge in [0, 0.05) is 11.1 Å². The zero-order valence-electron chi connectivity index (χ0n) is 11.6. The predicted molar refractivity (Wildman–Crippen MR) is 77.8 cm³/mol. The Bertz CT molecular complexity index is 536. The first kappa shape index (κ1) is 15.3. The minimum atomic E-state index is -0.968. The van der Waals surface area contributed by atoms with Gasteiger partial charge in [0.2, 0.25) is 0 Å². The van der Waals surface area contributed by atoms with E-state index in [4.69, 9.17) is 4.74 Å². The number of aliphatic carboxylic acids is 1. The summed E-state index contributed by atoms with van der Waals surface area (Å²) >= 11 is 3.18. The van der Waals surface area contributed by atoms with Crippen LogP contribution in [0.5, 0.6) is 5.75 Å². The number of carbonyl (C=O) groups is 1. The van der Waals surface area contributed by atoms with Gasteiger partial charge in [0.05, 0.1) is 17.0 Å².